The van der Waals surface area contributed by atoms with Gasteiger partial charge in [-0.2, -0.15) is 4.31 Å². The number of nitrogens with zero attached hydrogens (tertiary/aromatic N) is 2. The average Bonchev–Trinajstić information content (AvgIpc) is 3.31. The standard InChI is InChI=1S/C25H32N2O5S.ClH/c1-30-24-14-19-7-9-26(17-21(19)15-25(24)31-2)16-18-5-10-27(11-6-18)33(28,29)22-3-4-23-20(13-22)8-12-32-23;/h3-4,13-15,18H,5-12,16-17H2,1-2H3;1H. The molecule has 9 heteroatoms. The van der Waals surface area contributed by atoms with Gasteiger partial charge in [0.1, 0.15) is 5.75 Å². The molecular weight excluding hydrogens is 476 g/mol. The molecule has 0 aliphatic carbocycles. The lowest BCUT2D eigenvalue weighted by Crippen LogP contribution is -2.42. The first-order valence-corrected chi connectivity index (χ1v) is 13.1. The van der Waals surface area contributed by atoms with E-state index in [0.717, 1.165) is 68.1 Å². The molecule has 2 aromatic carbocycles. The van der Waals surface area contributed by atoms with Crippen molar-refractivity contribution in [3.63, 3.8) is 0 Å². The number of methoxy groups -OCH3 is 2. The molecule has 0 amide bonds. The fourth-order valence-electron chi connectivity index (χ4n) is 5.27. The van der Waals surface area contributed by atoms with E-state index in [1.807, 2.05) is 0 Å². The Balaban J connectivity index is 0.00000274. The Morgan fingerprint density at radius 3 is 2.35 bits per heavy atom. The highest BCUT2D eigenvalue weighted by atomic mass is 35.5. The van der Waals surface area contributed by atoms with Crippen LogP contribution in [-0.4, -0.2) is 64.6 Å². The van der Waals surface area contributed by atoms with Gasteiger partial charge in [-0.3, -0.25) is 4.90 Å². The van der Waals surface area contributed by atoms with E-state index in [-0.39, 0.29) is 12.4 Å². The maximum Gasteiger partial charge on any atom is 0.243 e. The van der Waals surface area contributed by atoms with Crippen molar-refractivity contribution in [1.82, 2.24) is 9.21 Å². The van der Waals surface area contributed by atoms with Crippen LogP contribution >= 0.6 is 12.4 Å². The molecule has 0 unspecified atom stereocenters. The Morgan fingerprint density at radius 2 is 1.65 bits per heavy atom. The second kappa shape index (κ2) is 10.3. The first-order chi connectivity index (χ1) is 16.0. The number of sulfonamides is 1. The Labute approximate surface area is 208 Å². The van der Waals surface area contributed by atoms with Crippen molar-refractivity contribution in [2.75, 3.05) is 47.0 Å². The maximum atomic E-state index is 13.2. The molecule has 34 heavy (non-hydrogen) atoms. The molecule has 3 heterocycles. The van der Waals surface area contributed by atoms with Gasteiger partial charge in [-0.1, -0.05) is 0 Å². The topological polar surface area (TPSA) is 68.3 Å². The second-order valence-corrected chi connectivity index (χ2v) is 11.1. The number of halogens is 1. The fourth-order valence-corrected chi connectivity index (χ4v) is 6.79. The minimum Gasteiger partial charge on any atom is -0.493 e. The number of ether oxygens (including phenoxy) is 3. The zero-order valence-electron chi connectivity index (χ0n) is 19.8. The third-order valence-electron chi connectivity index (χ3n) is 7.19. The summed E-state index contributed by atoms with van der Waals surface area (Å²) in [6, 6.07) is 9.45. The number of hydrogen-bond donors (Lipinski definition) is 0. The maximum absolute atomic E-state index is 13.2. The lowest BCUT2D eigenvalue weighted by Gasteiger charge is -2.36. The predicted molar refractivity (Wildman–Crippen MR) is 133 cm³/mol. The van der Waals surface area contributed by atoms with Crippen molar-refractivity contribution >= 4 is 22.4 Å². The van der Waals surface area contributed by atoms with Crippen LogP contribution < -0.4 is 14.2 Å². The van der Waals surface area contributed by atoms with Gasteiger partial charge in [0, 0.05) is 39.1 Å². The molecule has 0 spiro atoms. The van der Waals surface area contributed by atoms with E-state index in [1.165, 1.54) is 11.1 Å². The van der Waals surface area contributed by atoms with E-state index in [0.29, 0.717) is 30.5 Å². The van der Waals surface area contributed by atoms with Crippen molar-refractivity contribution in [2.24, 2.45) is 5.92 Å². The summed E-state index contributed by atoms with van der Waals surface area (Å²) < 4.78 is 44.5. The van der Waals surface area contributed by atoms with Crippen LogP contribution in [-0.2, 0) is 29.4 Å². The molecule has 0 bridgehead atoms. The first-order valence-electron chi connectivity index (χ1n) is 11.7. The van der Waals surface area contributed by atoms with Crippen LogP contribution in [0.4, 0.5) is 0 Å². The minimum absolute atomic E-state index is 0. The SMILES string of the molecule is COc1cc2c(cc1OC)CN(CC1CCN(S(=O)(=O)c3ccc4c(c3)CCO4)CC1)CC2.Cl. The van der Waals surface area contributed by atoms with Gasteiger partial charge in [-0.05, 0) is 72.2 Å². The van der Waals surface area contributed by atoms with Crippen LogP contribution in [0.25, 0.3) is 0 Å². The largest absolute Gasteiger partial charge is 0.493 e. The number of hydrogen-bond acceptors (Lipinski definition) is 6. The van der Waals surface area contributed by atoms with E-state index in [1.54, 1.807) is 36.7 Å². The van der Waals surface area contributed by atoms with Crippen molar-refractivity contribution < 1.29 is 22.6 Å². The summed E-state index contributed by atoms with van der Waals surface area (Å²) >= 11 is 0. The van der Waals surface area contributed by atoms with Crippen LogP contribution in [0.15, 0.2) is 35.2 Å². The van der Waals surface area contributed by atoms with Gasteiger partial charge in [0.05, 0.1) is 25.7 Å². The molecule has 0 N–H and O–H groups in total. The van der Waals surface area contributed by atoms with Crippen molar-refractivity contribution in [1.29, 1.82) is 0 Å². The smallest absolute Gasteiger partial charge is 0.243 e. The van der Waals surface area contributed by atoms with Crippen molar-refractivity contribution in [3.8, 4) is 17.2 Å². The highest BCUT2D eigenvalue weighted by Crippen LogP contribution is 2.34. The quantitative estimate of drug-likeness (QED) is 0.594. The van der Waals surface area contributed by atoms with Gasteiger partial charge < -0.3 is 14.2 Å². The Morgan fingerprint density at radius 1 is 0.941 bits per heavy atom. The lowest BCUT2D eigenvalue weighted by atomic mass is 9.94. The van der Waals surface area contributed by atoms with Gasteiger partial charge >= 0.3 is 0 Å². The molecule has 2 aromatic rings. The summed E-state index contributed by atoms with van der Waals surface area (Å²) in [7, 11) is -0.115. The molecule has 0 radical (unpaired) electrons. The van der Waals surface area contributed by atoms with Gasteiger partial charge in [0.2, 0.25) is 10.0 Å². The zero-order valence-corrected chi connectivity index (χ0v) is 21.4. The summed E-state index contributed by atoms with van der Waals surface area (Å²) in [5, 5.41) is 0. The molecule has 1 fully saturated rings. The zero-order chi connectivity index (χ0) is 23.0. The fraction of sp³-hybridized carbons (Fsp3) is 0.520. The van der Waals surface area contributed by atoms with E-state index in [4.69, 9.17) is 14.2 Å². The molecule has 5 rings (SSSR count). The van der Waals surface area contributed by atoms with Crippen LogP contribution in [0.1, 0.15) is 29.5 Å². The molecular formula is C25H33ClN2O5S. The number of piperidine rings is 1. The Kier molecular flexibility index (Phi) is 7.62. The molecule has 186 valence electrons. The summed E-state index contributed by atoms with van der Waals surface area (Å²) in [5.41, 5.74) is 3.61. The molecule has 1 saturated heterocycles. The predicted octanol–water partition coefficient (Wildman–Crippen LogP) is 3.52. The molecule has 0 saturated carbocycles. The molecule has 0 aromatic heterocycles. The van der Waals surface area contributed by atoms with E-state index in [2.05, 4.69) is 17.0 Å². The number of rotatable bonds is 6. The second-order valence-electron chi connectivity index (χ2n) is 9.18. The number of benzene rings is 2. The van der Waals surface area contributed by atoms with Crippen molar-refractivity contribution in [3.05, 3.63) is 47.0 Å². The summed E-state index contributed by atoms with van der Waals surface area (Å²) in [6.45, 7) is 4.69. The lowest BCUT2D eigenvalue weighted by molar-refractivity contribution is 0.171. The van der Waals surface area contributed by atoms with Gasteiger partial charge in [0.15, 0.2) is 11.5 Å². The molecule has 3 aliphatic rings. The van der Waals surface area contributed by atoms with Gasteiger partial charge in [-0.15, -0.1) is 12.4 Å². The van der Waals surface area contributed by atoms with Gasteiger partial charge in [-0.25, -0.2) is 8.42 Å². The minimum atomic E-state index is -3.46. The highest BCUT2D eigenvalue weighted by molar-refractivity contribution is 7.89. The Hall–Kier alpha value is -2.00. The van der Waals surface area contributed by atoms with Crippen LogP contribution in [0.2, 0.25) is 0 Å². The van der Waals surface area contributed by atoms with E-state index >= 15 is 0 Å². The number of fused-ring (bicyclic) bond motifs is 2. The monoisotopic (exact) mass is 508 g/mol. The molecule has 7 nitrogen and oxygen atoms in total. The summed E-state index contributed by atoms with van der Waals surface area (Å²) in [4.78, 5) is 2.88. The summed E-state index contributed by atoms with van der Waals surface area (Å²) in [5.74, 6) is 2.88. The van der Waals surface area contributed by atoms with Gasteiger partial charge in [0.25, 0.3) is 0 Å². The average molecular weight is 509 g/mol. The normalized spacial score (nSPS) is 19.0. The van der Waals surface area contributed by atoms with Crippen molar-refractivity contribution in [2.45, 2.75) is 37.1 Å². The van der Waals surface area contributed by atoms with Crippen LogP contribution in [0.5, 0.6) is 17.2 Å². The van der Waals surface area contributed by atoms with Crippen LogP contribution in [0, 0.1) is 5.92 Å². The highest BCUT2D eigenvalue weighted by Gasteiger charge is 2.31. The Bertz CT molecular complexity index is 1130. The first kappa shape index (κ1) is 25.1. The molecule has 3 aliphatic heterocycles. The van der Waals surface area contributed by atoms with Crippen LogP contribution in [0.3, 0.4) is 0 Å². The summed E-state index contributed by atoms with van der Waals surface area (Å²) in [6.07, 6.45) is 3.55. The third-order valence-corrected chi connectivity index (χ3v) is 9.08. The van der Waals surface area contributed by atoms with E-state index in [9.17, 15) is 8.42 Å². The third kappa shape index (κ3) is 4.87. The van der Waals surface area contributed by atoms with E-state index < -0.39 is 10.0 Å². The molecule has 0 atom stereocenters.